The molecule has 0 nitrogen and oxygen atoms in total. The molecule has 11 heavy (non-hydrogen) atoms. The second kappa shape index (κ2) is 4.96. The van der Waals surface area contributed by atoms with Crippen LogP contribution in [0.5, 0.6) is 0 Å². The molecule has 0 aliphatic rings. The Hall–Kier alpha value is 1.09. The molecule has 0 saturated heterocycles. The standard InChI is InChI=1S/C7H15Cl3Si/c1-4-6(3)7(5-2)11(8,9)10/h6-7H,4-5H2,1-3H3. The maximum atomic E-state index is 5.94. The van der Waals surface area contributed by atoms with Crippen LogP contribution in [-0.2, 0) is 0 Å². The number of halogens is 3. The Morgan fingerprint density at radius 2 is 1.55 bits per heavy atom. The molecule has 0 N–H and O–H groups in total. The second-order valence-electron chi connectivity index (χ2n) is 2.94. The normalized spacial score (nSPS) is 18.0. The summed E-state index contributed by atoms with van der Waals surface area (Å²) in [5, 5.41) is 0. The smallest absolute Gasteiger partial charge is 0.126 e. The van der Waals surface area contributed by atoms with E-state index in [2.05, 4.69) is 20.8 Å². The lowest BCUT2D eigenvalue weighted by Gasteiger charge is -2.25. The van der Waals surface area contributed by atoms with E-state index >= 15 is 0 Å². The van der Waals surface area contributed by atoms with E-state index in [1.165, 1.54) is 0 Å². The molecule has 0 aromatic rings. The predicted molar refractivity (Wildman–Crippen MR) is 56.8 cm³/mol. The largest absolute Gasteiger partial charge is 0.344 e. The highest BCUT2D eigenvalue weighted by molar-refractivity contribution is 7.65. The van der Waals surface area contributed by atoms with Crippen molar-refractivity contribution < 1.29 is 0 Å². The van der Waals surface area contributed by atoms with Crippen LogP contribution in [0.15, 0.2) is 0 Å². The minimum absolute atomic E-state index is 0.317. The molecule has 2 atom stereocenters. The van der Waals surface area contributed by atoms with Crippen LogP contribution in [0.1, 0.15) is 33.6 Å². The highest BCUT2D eigenvalue weighted by Crippen LogP contribution is 2.42. The fraction of sp³-hybridized carbons (Fsp3) is 1.00. The van der Waals surface area contributed by atoms with Crippen molar-refractivity contribution in [1.82, 2.24) is 0 Å². The van der Waals surface area contributed by atoms with Crippen molar-refractivity contribution >= 4 is 39.2 Å². The van der Waals surface area contributed by atoms with Gasteiger partial charge in [0, 0.05) is 0 Å². The van der Waals surface area contributed by atoms with E-state index in [9.17, 15) is 0 Å². The van der Waals surface area contributed by atoms with Crippen LogP contribution in [0.3, 0.4) is 0 Å². The third-order valence-electron chi connectivity index (χ3n) is 2.19. The summed E-state index contributed by atoms with van der Waals surface area (Å²) in [4.78, 5) is 0. The summed E-state index contributed by atoms with van der Waals surface area (Å²) in [5.74, 6) is 0.541. The molecule has 0 aromatic carbocycles. The lowest BCUT2D eigenvalue weighted by Crippen LogP contribution is -2.24. The van der Waals surface area contributed by atoms with Gasteiger partial charge in [0.15, 0.2) is 0 Å². The first-order chi connectivity index (χ1) is 4.93. The summed E-state index contributed by atoms with van der Waals surface area (Å²) < 4.78 is 0. The highest BCUT2D eigenvalue weighted by atomic mass is 35.8. The zero-order valence-corrected chi connectivity index (χ0v) is 10.5. The molecule has 0 aliphatic carbocycles. The molecule has 0 fully saturated rings. The first-order valence-electron chi connectivity index (χ1n) is 4.00. The van der Waals surface area contributed by atoms with Crippen LogP contribution in [0.4, 0.5) is 0 Å². The minimum Gasteiger partial charge on any atom is -0.126 e. The summed E-state index contributed by atoms with van der Waals surface area (Å²) in [7, 11) is 0. The van der Waals surface area contributed by atoms with Crippen molar-refractivity contribution in [3.05, 3.63) is 0 Å². The zero-order chi connectivity index (χ0) is 9.07. The summed E-state index contributed by atoms with van der Waals surface area (Å²) in [6.45, 7) is 6.38. The lowest BCUT2D eigenvalue weighted by molar-refractivity contribution is 0.504. The third kappa shape index (κ3) is 4.02. The minimum atomic E-state index is -2.45. The van der Waals surface area contributed by atoms with Crippen LogP contribution in [0.2, 0.25) is 5.54 Å². The molecule has 0 radical (unpaired) electrons. The van der Waals surface area contributed by atoms with Gasteiger partial charge in [-0.25, -0.2) is 0 Å². The maximum Gasteiger partial charge on any atom is 0.344 e. The van der Waals surface area contributed by atoms with Crippen LogP contribution < -0.4 is 0 Å². The fourth-order valence-electron chi connectivity index (χ4n) is 1.24. The molecule has 0 saturated carbocycles. The van der Waals surface area contributed by atoms with E-state index in [0.717, 1.165) is 12.8 Å². The fourth-order valence-corrected chi connectivity index (χ4v) is 5.91. The SMILES string of the molecule is CCC(C)C(CC)[Si](Cl)(Cl)Cl. The van der Waals surface area contributed by atoms with Gasteiger partial charge in [-0.1, -0.05) is 33.6 Å². The van der Waals surface area contributed by atoms with E-state index in [1.807, 2.05) is 0 Å². The average molecular weight is 234 g/mol. The van der Waals surface area contributed by atoms with Gasteiger partial charge in [0.2, 0.25) is 0 Å². The Bertz CT molecular complexity index is 111. The Kier molecular flexibility index (Phi) is 5.45. The summed E-state index contributed by atoms with van der Waals surface area (Å²) in [6.07, 6.45) is 2.08. The quantitative estimate of drug-likeness (QED) is 0.497. The van der Waals surface area contributed by atoms with E-state index < -0.39 is 6.00 Å². The Balaban J connectivity index is 4.16. The molecule has 68 valence electrons. The van der Waals surface area contributed by atoms with Crippen molar-refractivity contribution in [3.8, 4) is 0 Å². The topological polar surface area (TPSA) is 0 Å². The molecule has 4 heteroatoms. The van der Waals surface area contributed by atoms with Crippen molar-refractivity contribution in [2.75, 3.05) is 0 Å². The van der Waals surface area contributed by atoms with Gasteiger partial charge in [0.05, 0.1) is 0 Å². The monoisotopic (exact) mass is 232 g/mol. The molecule has 0 spiro atoms. The molecule has 0 aliphatic heterocycles. The lowest BCUT2D eigenvalue weighted by atomic mass is 10.0. The summed E-state index contributed by atoms with van der Waals surface area (Å²) >= 11 is 17.8. The zero-order valence-electron chi connectivity index (χ0n) is 7.20. The van der Waals surface area contributed by atoms with Crippen LogP contribution in [0.25, 0.3) is 0 Å². The van der Waals surface area contributed by atoms with Crippen molar-refractivity contribution in [2.24, 2.45) is 5.92 Å². The highest BCUT2D eigenvalue weighted by Gasteiger charge is 2.38. The molecule has 0 heterocycles. The third-order valence-corrected chi connectivity index (χ3v) is 6.53. The Morgan fingerprint density at radius 1 is 1.09 bits per heavy atom. The Morgan fingerprint density at radius 3 is 1.64 bits per heavy atom. The van der Waals surface area contributed by atoms with Crippen molar-refractivity contribution in [3.63, 3.8) is 0 Å². The van der Waals surface area contributed by atoms with E-state index in [-0.39, 0.29) is 0 Å². The van der Waals surface area contributed by atoms with Gasteiger partial charge in [-0.2, -0.15) is 0 Å². The molecule has 0 rings (SSSR count). The van der Waals surface area contributed by atoms with E-state index in [1.54, 1.807) is 0 Å². The maximum absolute atomic E-state index is 5.94. The molecular formula is C7H15Cl3Si. The second-order valence-corrected chi connectivity index (χ2v) is 11.9. The predicted octanol–water partition coefficient (Wildman–Crippen LogP) is 4.47. The number of rotatable bonds is 4. The van der Waals surface area contributed by atoms with Gasteiger partial charge in [0.25, 0.3) is 0 Å². The first kappa shape index (κ1) is 12.1. The van der Waals surface area contributed by atoms with E-state index in [4.69, 9.17) is 33.2 Å². The first-order valence-corrected chi connectivity index (χ1v) is 9.11. The molecule has 2 unspecified atom stereocenters. The molecule has 0 amide bonds. The van der Waals surface area contributed by atoms with Crippen molar-refractivity contribution in [1.29, 1.82) is 0 Å². The van der Waals surface area contributed by atoms with Crippen LogP contribution in [-0.4, -0.2) is 6.00 Å². The molecular weight excluding hydrogens is 219 g/mol. The van der Waals surface area contributed by atoms with Gasteiger partial charge in [-0.3, -0.25) is 0 Å². The average Bonchev–Trinajstić information content (AvgIpc) is 1.86. The van der Waals surface area contributed by atoms with Crippen LogP contribution in [0, 0.1) is 5.92 Å². The van der Waals surface area contributed by atoms with Crippen molar-refractivity contribution in [2.45, 2.75) is 39.2 Å². The van der Waals surface area contributed by atoms with Gasteiger partial charge in [0.1, 0.15) is 0 Å². The van der Waals surface area contributed by atoms with Gasteiger partial charge < -0.3 is 0 Å². The van der Waals surface area contributed by atoms with Gasteiger partial charge >= 0.3 is 6.00 Å². The number of hydrogen-bond acceptors (Lipinski definition) is 0. The van der Waals surface area contributed by atoms with Crippen LogP contribution >= 0.6 is 33.2 Å². The number of hydrogen-bond donors (Lipinski definition) is 0. The molecule has 0 bridgehead atoms. The van der Waals surface area contributed by atoms with Gasteiger partial charge in [-0.05, 0) is 11.5 Å². The van der Waals surface area contributed by atoms with Gasteiger partial charge in [-0.15, -0.1) is 33.2 Å². The summed E-state index contributed by atoms with van der Waals surface area (Å²) in [6, 6.07) is -2.45. The molecule has 0 aromatic heterocycles. The Labute approximate surface area is 84.3 Å². The van der Waals surface area contributed by atoms with E-state index in [0.29, 0.717) is 11.5 Å². The summed E-state index contributed by atoms with van der Waals surface area (Å²) in [5.41, 5.74) is 0.317.